The minimum absolute atomic E-state index is 0.854. The minimum atomic E-state index is 0.854. The Kier molecular flexibility index (Phi) is 2.29. The van der Waals surface area contributed by atoms with Gasteiger partial charge in [0.05, 0.1) is 20.7 Å². The number of hydrogen-bond acceptors (Lipinski definition) is 3. The zero-order valence-corrected chi connectivity index (χ0v) is 9.73. The zero-order valence-electron chi connectivity index (χ0n) is 5.74. The second-order valence-electron chi connectivity index (χ2n) is 2.05. The summed E-state index contributed by atoms with van der Waals surface area (Å²) >= 11 is 8.20. The largest absolute Gasteiger partial charge is 0.226 e. The molecule has 0 spiro atoms. The summed E-state index contributed by atoms with van der Waals surface area (Å²) < 4.78 is 3.68. The number of hydrogen-bond donors (Lipinski definition) is 0. The van der Waals surface area contributed by atoms with Gasteiger partial charge in [0.25, 0.3) is 0 Å². The molecular formula is C6H3Br2N3S. The Morgan fingerprint density at radius 3 is 2.67 bits per heavy atom. The van der Waals surface area contributed by atoms with Crippen LogP contribution >= 0.6 is 43.2 Å². The molecule has 0 radical (unpaired) electrons. The molecule has 2 heterocycles. The van der Waals surface area contributed by atoms with E-state index in [2.05, 4.69) is 41.9 Å². The van der Waals surface area contributed by atoms with E-state index < -0.39 is 0 Å². The summed E-state index contributed by atoms with van der Waals surface area (Å²) in [4.78, 5) is 4.15. The van der Waals surface area contributed by atoms with Crippen LogP contribution in [-0.2, 0) is 0 Å². The Morgan fingerprint density at radius 2 is 2.17 bits per heavy atom. The van der Waals surface area contributed by atoms with Crippen LogP contribution in [0.5, 0.6) is 0 Å². The van der Waals surface area contributed by atoms with E-state index in [1.165, 1.54) is 11.3 Å². The molecule has 62 valence electrons. The van der Waals surface area contributed by atoms with Crippen molar-refractivity contribution in [3.8, 4) is 5.13 Å². The van der Waals surface area contributed by atoms with E-state index in [1.807, 2.05) is 6.20 Å². The van der Waals surface area contributed by atoms with Gasteiger partial charge in [0, 0.05) is 6.20 Å². The highest BCUT2D eigenvalue weighted by Gasteiger charge is 2.02. The third-order valence-corrected chi connectivity index (χ3v) is 3.09. The molecule has 0 N–H and O–H groups in total. The van der Waals surface area contributed by atoms with Gasteiger partial charge >= 0.3 is 0 Å². The fourth-order valence-electron chi connectivity index (χ4n) is 0.757. The van der Waals surface area contributed by atoms with Crippen molar-refractivity contribution in [1.29, 1.82) is 0 Å². The van der Waals surface area contributed by atoms with Gasteiger partial charge in [-0.25, -0.2) is 9.67 Å². The quantitative estimate of drug-likeness (QED) is 0.811. The second-order valence-corrected chi connectivity index (χ2v) is 5.35. The summed E-state index contributed by atoms with van der Waals surface area (Å²) in [6.07, 6.45) is 5.36. The first kappa shape index (κ1) is 8.40. The summed E-state index contributed by atoms with van der Waals surface area (Å²) in [5, 5.41) is 4.95. The third kappa shape index (κ3) is 1.60. The number of rotatable bonds is 1. The molecule has 0 saturated carbocycles. The molecule has 0 aliphatic carbocycles. The van der Waals surface area contributed by atoms with E-state index in [0.717, 1.165) is 13.4 Å². The molecule has 0 amide bonds. The van der Waals surface area contributed by atoms with Gasteiger partial charge in [-0.3, -0.25) is 0 Å². The van der Waals surface area contributed by atoms with Crippen LogP contribution in [0, 0.1) is 0 Å². The van der Waals surface area contributed by atoms with Gasteiger partial charge in [-0.15, -0.1) is 0 Å². The van der Waals surface area contributed by atoms with Gasteiger partial charge in [-0.2, -0.15) is 5.10 Å². The fraction of sp³-hybridized carbons (Fsp3) is 0. The van der Waals surface area contributed by atoms with Gasteiger partial charge < -0.3 is 0 Å². The van der Waals surface area contributed by atoms with E-state index in [4.69, 9.17) is 0 Å². The predicted octanol–water partition coefficient (Wildman–Crippen LogP) is 2.85. The lowest BCUT2D eigenvalue weighted by molar-refractivity contribution is 0.869. The third-order valence-electron chi connectivity index (χ3n) is 1.21. The normalized spacial score (nSPS) is 10.5. The molecule has 6 heteroatoms. The summed E-state index contributed by atoms with van der Waals surface area (Å²) in [6.45, 7) is 0. The molecule has 0 saturated heterocycles. The predicted molar refractivity (Wildman–Crippen MR) is 54.6 cm³/mol. The van der Waals surface area contributed by atoms with E-state index in [9.17, 15) is 0 Å². The zero-order chi connectivity index (χ0) is 8.55. The van der Waals surface area contributed by atoms with E-state index in [-0.39, 0.29) is 0 Å². The molecule has 0 aromatic carbocycles. The van der Waals surface area contributed by atoms with Crippen LogP contribution < -0.4 is 0 Å². The van der Waals surface area contributed by atoms with Crippen LogP contribution in [-0.4, -0.2) is 14.8 Å². The van der Waals surface area contributed by atoms with Crippen LogP contribution in [0.1, 0.15) is 0 Å². The monoisotopic (exact) mass is 307 g/mol. The van der Waals surface area contributed by atoms with Gasteiger partial charge in [0.2, 0.25) is 5.13 Å². The molecular weight excluding hydrogens is 306 g/mol. The molecule has 2 rings (SSSR count). The lowest BCUT2D eigenvalue weighted by Crippen LogP contribution is -1.91. The molecule has 2 aromatic rings. The molecule has 0 unspecified atom stereocenters. The van der Waals surface area contributed by atoms with Crippen LogP contribution in [0.4, 0.5) is 0 Å². The first-order chi connectivity index (χ1) is 5.75. The minimum Gasteiger partial charge on any atom is -0.226 e. The lowest BCUT2D eigenvalue weighted by Gasteiger charge is -1.90. The Bertz CT molecular complexity index is 357. The van der Waals surface area contributed by atoms with Crippen molar-refractivity contribution in [1.82, 2.24) is 14.8 Å². The Balaban J connectivity index is 2.43. The summed E-state index contributed by atoms with van der Waals surface area (Å²) in [5.41, 5.74) is 0. The van der Waals surface area contributed by atoms with Crippen LogP contribution in [0.2, 0.25) is 0 Å². The highest BCUT2D eigenvalue weighted by molar-refractivity contribution is 9.11. The highest BCUT2D eigenvalue weighted by atomic mass is 79.9. The Morgan fingerprint density at radius 1 is 1.33 bits per heavy atom. The second kappa shape index (κ2) is 3.27. The molecule has 2 aromatic heterocycles. The van der Waals surface area contributed by atoms with E-state index >= 15 is 0 Å². The number of thiazole rings is 1. The van der Waals surface area contributed by atoms with Crippen LogP contribution in [0.25, 0.3) is 5.13 Å². The maximum absolute atomic E-state index is 4.15. The maximum atomic E-state index is 4.15. The first-order valence-electron chi connectivity index (χ1n) is 3.07. The van der Waals surface area contributed by atoms with Crippen LogP contribution in [0.3, 0.4) is 0 Å². The number of aromatic nitrogens is 3. The Labute approximate surface area is 89.7 Å². The van der Waals surface area contributed by atoms with Gasteiger partial charge in [-0.05, 0) is 31.9 Å². The first-order valence-corrected chi connectivity index (χ1v) is 5.48. The SMILES string of the molecule is Brc1cnn(-c2ncc(Br)s2)c1. The molecule has 3 nitrogen and oxygen atoms in total. The molecule has 0 fully saturated rings. The summed E-state index contributed by atoms with van der Waals surface area (Å²) in [7, 11) is 0. The van der Waals surface area contributed by atoms with Gasteiger partial charge in [0.1, 0.15) is 0 Å². The Hall–Kier alpha value is -0.200. The average Bonchev–Trinajstić information content (AvgIpc) is 2.58. The molecule has 0 atom stereocenters. The highest BCUT2D eigenvalue weighted by Crippen LogP contribution is 2.22. The topological polar surface area (TPSA) is 30.7 Å². The van der Waals surface area contributed by atoms with Crippen molar-refractivity contribution in [3.05, 3.63) is 26.8 Å². The van der Waals surface area contributed by atoms with Gasteiger partial charge in [0.15, 0.2) is 0 Å². The number of halogens is 2. The molecule has 0 aliphatic heterocycles. The van der Waals surface area contributed by atoms with E-state index in [1.54, 1.807) is 17.1 Å². The average molecular weight is 309 g/mol. The molecule has 0 bridgehead atoms. The van der Waals surface area contributed by atoms with Crippen LogP contribution in [0.15, 0.2) is 26.8 Å². The van der Waals surface area contributed by atoms with Crippen molar-refractivity contribution in [2.75, 3.05) is 0 Å². The number of nitrogens with zero attached hydrogens (tertiary/aromatic N) is 3. The summed E-state index contributed by atoms with van der Waals surface area (Å²) in [6, 6.07) is 0. The van der Waals surface area contributed by atoms with Crippen molar-refractivity contribution in [2.24, 2.45) is 0 Å². The standard InChI is InChI=1S/C6H3Br2N3S/c7-4-1-10-11(3-4)6-9-2-5(8)12-6/h1-3H. The summed E-state index contributed by atoms with van der Waals surface area (Å²) in [5.74, 6) is 0. The smallest absolute Gasteiger partial charge is 0.211 e. The van der Waals surface area contributed by atoms with E-state index in [0.29, 0.717) is 0 Å². The molecule has 12 heavy (non-hydrogen) atoms. The van der Waals surface area contributed by atoms with Crippen molar-refractivity contribution < 1.29 is 0 Å². The lowest BCUT2D eigenvalue weighted by atomic mass is 10.7. The molecule has 0 aliphatic rings. The maximum Gasteiger partial charge on any atom is 0.211 e. The van der Waals surface area contributed by atoms with Crippen molar-refractivity contribution in [2.45, 2.75) is 0 Å². The fourth-order valence-corrected chi connectivity index (χ4v) is 2.16. The van der Waals surface area contributed by atoms with Crippen molar-refractivity contribution >= 4 is 43.2 Å². The van der Waals surface area contributed by atoms with Gasteiger partial charge in [-0.1, -0.05) is 11.3 Å². The van der Waals surface area contributed by atoms with Crippen molar-refractivity contribution in [3.63, 3.8) is 0 Å².